The average Bonchev–Trinajstić information content (AvgIpc) is 2.39. The van der Waals surface area contributed by atoms with Gasteiger partial charge in [-0.25, -0.2) is 0 Å². The predicted molar refractivity (Wildman–Crippen MR) is 73.8 cm³/mol. The highest BCUT2D eigenvalue weighted by molar-refractivity contribution is 5.93. The summed E-state index contributed by atoms with van der Waals surface area (Å²) in [4.78, 5) is 27.0. The van der Waals surface area contributed by atoms with Crippen molar-refractivity contribution in [1.82, 2.24) is 15.6 Å². The molecule has 0 spiro atoms. The Kier molecular flexibility index (Phi) is 6.57. The Morgan fingerprint density at radius 1 is 1.21 bits per heavy atom. The molecule has 0 atom stereocenters. The summed E-state index contributed by atoms with van der Waals surface area (Å²) in [6.07, 6.45) is 3.69. The maximum atomic E-state index is 11.7. The SMILES string of the molecule is CCCC(=O)NCCCNC(=O)c1ccc(C)nc1. The molecule has 1 rings (SSSR count). The zero-order valence-electron chi connectivity index (χ0n) is 11.5. The van der Waals surface area contributed by atoms with E-state index in [1.165, 1.54) is 0 Å². The largest absolute Gasteiger partial charge is 0.356 e. The molecule has 0 radical (unpaired) electrons. The Morgan fingerprint density at radius 3 is 2.58 bits per heavy atom. The molecule has 104 valence electrons. The molecule has 0 bridgehead atoms. The van der Waals surface area contributed by atoms with Gasteiger partial charge in [-0.1, -0.05) is 6.92 Å². The standard InChI is InChI=1S/C14H21N3O2/c1-3-5-13(18)15-8-4-9-16-14(19)12-7-6-11(2)17-10-12/h6-7,10H,3-5,8-9H2,1-2H3,(H,15,18)(H,16,19). The zero-order chi connectivity index (χ0) is 14.1. The van der Waals surface area contributed by atoms with E-state index in [9.17, 15) is 9.59 Å². The molecule has 1 aromatic heterocycles. The summed E-state index contributed by atoms with van der Waals surface area (Å²) in [6.45, 7) is 4.97. The molecule has 0 unspecified atom stereocenters. The molecule has 2 N–H and O–H groups in total. The van der Waals surface area contributed by atoms with Crippen LogP contribution in [0.5, 0.6) is 0 Å². The quantitative estimate of drug-likeness (QED) is 0.731. The monoisotopic (exact) mass is 263 g/mol. The first-order valence-electron chi connectivity index (χ1n) is 6.61. The Labute approximate surface area is 113 Å². The van der Waals surface area contributed by atoms with Gasteiger partial charge in [0.15, 0.2) is 0 Å². The number of carbonyl (C=O) groups excluding carboxylic acids is 2. The van der Waals surface area contributed by atoms with E-state index >= 15 is 0 Å². The molecular formula is C14H21N3O2. The number of amides is 2. The fourth-order valence-electron chi connectivity index (χ4n) is 1.54. The van der Waals surface area contributed by atoms with E-state index in [1.807, 2.05) is 13.8 Å². The lowest BCUT2D eigenvalue weighted by molar-refractivity contribution is -0.121. The summed E-state index contributed by atoms with van der Waals surface area (Å²) < 4.78 is 0. The number of aromatic nitrogens is 1. The summed E-state index contributed by atoms with van der Waals surface area (Å²) >= 11 is 0. The third-order valence-corrected chi connectivity index (χ3v) is 2.61. The molecule has 0 saturated heterocycles. The average molecular weight is 263 g/mol. The normalized spacial score (nSPS) is 10.0. The van der Waals surface area contributed by atoms with E-state index in [1.54, 1.807) is 18.3 Å². The van der Waals surface area contributed by atoms with E-state index in [4.69, 9.17) is 0 Å². The molecule has 0 fully saturated rings. The van der Waals surface area contributed by atoms with Crippen LogP contribution in [0.4, 0.5) is 0 Å². The Balaban J connectivity index is 2.17. The fourth-order valence-corrected chi connectivity index (χ4v) is 1.54. The maximum absolute atomic E-state index is 11.7. The van der Waals surface area contributed by atoms with Gasteiger partial charge in [0.1, 0.15) is 0 Å². The molecule has 1 aromatic rings. The smallest absolute Gasteiger partial charge is 0.252 e. The van der Waals surface area contributed by atoms with E-state index in [-0.39, 0.29) is 11.8 Å². The van der Waals surface area contributed by atoms with Crippen molar-refractivity contribution >= 4 is 11.8 Å². The number of carbonyl (C=O) groups is 2. The summed E-state index contributed by atoms with van der Waals surface area (Å²) in [5.41, 5.74) is 1.44. The molecule has 19 heavy (non-hydrogen) atoms. The third-order valence-electron chi connectivity index (χ3n) is 2.61. The summed E-state index contributed by atoms with van der Waals surface area (Å²) in [7, 11) is 0. The van der Waals surface area contributed by atoms with Crippen LogP contribution in [0.15, 0.2) is 18.3 Å². The molecule has 1 heterocycles. The van der Waals surface area contributed by atoms with Crippen LogP contribution in [-0.2, 0) is 4.79 Å². The molecule has 5 heteroatoms. The highest BCUT2D eigenvalue weighted by atomic mass is 16.2. The Bertz CT molecular complexity index is 415. The second-order valence-corrected chi connectivity index (χ2v) is 4.40. The minimum atomic E-state index is -0.132. The molecule has 0 aromatic carbocycles. The molecule has 0 aliphatic carbocycles. The summed E-state index contributed by atoms with van der Waals surface area (Å²) in [5.74, 6) is -0.0658. The van der Waals surface area contributed by atoms with Gasteiger partial charge in [-0.3, -0.25) is 14.6 Å². The highest BCUT2D eigenvalue weighted by Crippen LogP contribution is 1.98. The van der Waals surface area contributed by atoms with E-state index in [0.717, 1.165) is 18.5 Å². The third kappa shape index (κ3) is 5.99. The lowest BCUT2D eigenvalue weighted by Crippen LogP contribution is -2.29. The van der Waals surface area contributed by atoms with Crippen molar-refractivity contribution < 1.29 is 9.59 Å². The van der Waals surface area contributed by atoms with Gasteiger partial charge in [-0.15, -0.1) is 0 Å². The van der Waals surface area contributed by atoms with Crippen LogP contribution < -0.4 is 10.6 Å². The lowest BCUT2D eigenvalue weighted by Gasteiger charge is -2.06. The first kappa shape index (κ1) is 15.1. The molecule has 0 aliphatic heterocycles. The minimum absolute atomic E-state index is 0.0663. The van der Waals surface area contributed by atoms with Gasteiger partial charge in [-0.2, -0.15) is 0 Å². The van der Waals surface area contributed by atoms with Crippen molar-refractivity contribution in [2.45, 2.75) is 33.1 Å². The molecule has 5 nitrogen and oxygen atoms in total. The van der Waals surface area contributed by atoms with Crippen LogP contribution in [0, 0.1) is 6.92 Å². The van der Waals surface area contributed by atoms with Gasteiger partial charge in [0.2, 0.25) is 5.91 Å². The lowest BCUT2D eigenvalue weighted by atomic mass is 10.2. The Hall–Kier alpha value is -1.91. The van der Waals surface area contributed by atoms with Crippen LogP contribution in [0.25, 0.3) is 0 Å². The first-order chi connectivity index (χ1) is 9.13. The number of rotatable bonds is 7. The molecule has 0 aliphatic rings. The maximum Gasteiger partial charge on any atom is 0.252 e. The number of aryl methyl sites for hydroxylation is 1. The van der Waals surface area contributed by atoms with E-state index in [0.29, 0.717) is 25.1 Å². The van der Waals surface area contributed by atoms with Crippen molar-refractivity contribution in [3.05, 3.63) is 29.6 Å². The Morgan fingerprint density at radius 2 is 1.95 bits per heavy atom. The predicted octanol–water partition coefficient (Wildman–Crippen LogP) is 1.43. The number of pyridine rings is 1. The number of nitrogens with zero attached hydrogens (tertiary/aromatic N) is 1. The molecule has 2 amide bonds. The van der Waals surface area contributed by atoms with Crippen LogP contribution in [0.2, 0.25) is 0 Å². The topological polar surface area (TPSA) is 71.1 Å². The number of nitrogens with one attached hydrogen (secondary N) is 2. The van der Waals surface area contributed by atoms with E-state index in [2.05, 4.69) is 15.6 Å². The molecular weight excluding hydrogens is 242 g/mol. The van der Waals surface area contributed by atoms with Crippen molar-refractivity contribution in [2.24, 2.45) is 0 Å². The fraction of sp³-hybridized carbons (Fsp3) is 0.500. The van der Waals surface area contributed by atoms with Crippen LogP contribution in [-0.4, -0.2) is 29.9 Å². The van der Waals surface area contributed by atoms with Crippen molar-refractivity contribution in [1.29, 1.82) is 0 Å². The second kappa shape index (κ2) is 8.24. The number of hydrogen-bond donors (Lipinski definition) is 2. The van der Waals surface area contributed by atoms with Gasteiger partial charge in [0.05, 0.1) is 5.56 Å². The number of hydrogen-bond acceptors (Lipinski definition) is 3. The van der Waals surface area contributed by atoms with Crippen LogP contribution in [0.1, 0.15) is 42.2 Å². The first-order valence-corrected chi connectivity index (χ1v) is 6.61. The van der Waals surface area contributed by atoms with Gasteiger partial charge >= 0.3 is 0 Å². The van der Waals surface area contributed by atoms with Crippen LogP contribution in [0.3, 0.4) is 0 Å². The van der Waals surface area contributed by atoms with Crippen LogP contribution >= 0.6 is 0 Å². The van der Waals surface area contributed by atoms with Crippen molar-refractivity contribution in [3.63, 3.8) is 0 Å². The van der Waals surface area contributed by atoms with Crippen molar-refractivity contribution in [3.8, 4) is 0 Å². The van der Waals surface area contributed by atoms with Gasteiger partial charge < -0.3 is 10.6 Å². The summed E-state index contributed by atoms with van der Waals surface area (Å²) in [6, 6.07) is 3.56. The van der Waals surface area contributed by atoms with Gasteiger partial charge in [-0.05, 0) is 31.9 Å². The zero-order valence-corrected chi connectivity index (χ0v) is 11.5. The summed E-state index contributed by atoms with van der Waals surface area (Å²) in [5, 5.41) is 5.60. The van der Waals surface area contributed by atoms with Gasteiger partial charge in [0.25, 0.3) is 5.91 Å². The van der Waals surface area contributed by atoms with Gasteiger partial charge in [0, 0.05) is 31.4 Å². The highest BCUT2D eigenvalue weighted by Gasteiger charge is 2.04. The second-order valence-electron chi connectivity index (χ2n) is 4.40. The van der Waals surface area contributed by atoms with E-state index < -0.39 is 0 Å². The molecule has 0 saturated carbocycles. The van der Waals surface area contributed by atoms with Crippen molar-refractivity contribution in [2.75, 3.05) is 13.1 Å². The minimum Gasteiger partial charge on any atom is -0.356 e.